The maximum Gasteiger partial charge on any atom is 0.405 e. The molecule has 0 saturated heterocycles. The highest BCUT2D eigenvalue weighted by Gasteiger charge is 2.07. The summed E-state index contributed by atoms with van der Waals surface area (Å²) < 4.78 is 0. The van der Waals surface area contributed by atoms with Gasteiger partial charge < -0.3 is 15.7 Å². The first-order chi connectivity index (χ1) is 9.15. The molecule has 0 spiro atoms. The van der Waals surface area contributed by atoms with Crippen LogP contribution >= 0.6 is 0 Å². The van der Waals surface area contributed by atoms with E-state index in [9.17, 15) is 4.79 Å². The number of hydrogen-bond donors (Lipinski definition) is 3. The fourth-order valence-corrected chi connectivity index (χ4v) is 1.64. The van der Waals surface area contributed by atoms with Crippen LogP contribution in [0, 0.1) is 0 Å². The predicted molar refractivity (Wildman–Crippen MR) is 71.3 cm³/mol. The van der Waals surface area contributed by atoms with Crippen LogP contribution in [-0.2, 0) is 0 Å². The van der Waals surface area contributed by atoms with Crippen LogP contribution in [0.2, 0.25) is 0 Å². The molecule has 0 radical (unpaired) electrons. The summed E-state index contributed by atoms with van der Waals surface area (Å²) in [5, 5.41) is 14.2. The fraction of sp³-hybridized carbons (Fsp3) is 0.154. The summed E-state index contributed by atoms with van der Waals surface area (Å²) in [6.45, 7) is 1.79. The van der Waals surface area contributed by atoms with Crippen molar-refractivity contribution in [3.63, 3.8) is 0 Å². The van der Waals surface area contributed by atoms with E-state index in [1.165, 1.54) is 0 Å². The molecule has 1 atom stereocenters. The lowest BCUT2D eigenvalue weighted by Crippen LogP contribution is -2.24. The van der Waals surface area contributed by atoms with Crippen molar-refractivity contribution >= 4 is 17.6 Å². The van der Waals surface area contributed by atoms with Crippen LogP contribution in [0.3, 0.4) is 0 Å². The molecule has 3 N–H and O–H groups in total. The quantitative estimate of drug-likeness (QED) is 0.784. The molecule has 0 bridgehead atoms. The van der Waals surface area contributed by atoms with Crippen molar-refractivity contribution in [1.82, 2.24) is 15.3 Å². The molecule has 6 heteroatoms. The minimum Gasteiger partial charge on any atom is -0.465 e. The molecule has 2 aromatic rings. The van der Waals surface area contributed by atoms with Gasteiger partial charge in [0, 0.05) is 18.1 Å². The number of rotatable bonds is 4. The number of aromatic nitrogens is 2. The summed E-state index contributed by atoms with van der Waals surface area (Å²) in [6.07, 6.45) is 3.81. The van der Waals surface area contributed by atoms with Crippen molar-refractivity contribution in [2.75, 3.05) is 5.32 Å². The molecular formula is C13H14N4O2. The summed E-state index contributed by atoms with van der Waals surface area (Å²) in [4.78, 5) is 18.6. The van der Waals surface area contributed by atoms with Crippen LogP contribution in [-0.4, -0.2) is 21.2 Å². The van der Waals surface area contributed by atoms with Gasteiger partial charge in [0.2, 0.25) is 0 Å². The topological polar surface area (TPSA) is 87.1 Å². The van der Waals surface area contributed by atoms with Crippen molar-refractivity contribution < 1.29 is 9.90 Å². The van der Waals surface area contributed by atoms with Gasteiger partial charge in [0.25, 0.3) is 0 Å². The number of amides is 1. The second-order valence-corrected chi connectivity index (χ2v) is 4.01. The molecule has 0 aliphatic carbocycles. The van der Waals surface area contributed by atoms with Crippen molar-refractivity contribution in [2.45, 2.75) is 13.0 Å². The van der Waals surface area contributed by atoms with Crippen LogP contribution in [0.1, 0.15) is 18.5 Å². The first kappa shape index (κ1) is 12.8. The Labute approximate surface area is 110 Å². The molecule has 2 rings (SSSR count). The van der Waals surface area contributed by atoms with Gasteiger partial charge in [-0.3, -0.25) is 4.98 Å². The third kappa shape index (κ3) is 3.67. The van der Waals surface area contributed by atoms with Crippen LogP contribution < -0.4 is 10.6 Å². The zero-order valence-corrected chi connectivity index (χ0v) is 10.4. The molecule has 0 saturated carbocycles. The number of carbonyl (C=O) groups is 1. The lowest BCUT2D eigenvalue weighted by molar-refractivity contribution is 0.191. The predicted octanol–water partition coefficient (Wildman–Crippen LogP) is 2.55. The first-order valence-electron chi connectivity index (χ1n) is 5.77. The Bertz CT molecular complexity index is 542. The number of hydrogen-bond acceptors (Lipinski definition) is 4. The molecule has 0 fully saturated rings. The molecule has 19 heavy (non-hydrogen) atoms. The van der Waals surface area contributed by atoms with Gasteiger partial charge in [0.15, 0.2) is 0 Å². The Morgan fingerprint density at radius 2 is 2.00 bits per heavy atom. The third-order valence-electron chi connectivity index (χ3n) is 2.59. The van der Waals surface area contributed by atoms with Gasteiger partial charge in [-0.25, -0.2) is 9.78 Å². The molecule has 98 valence electrons. The van der Waals surface area contributed by atoms with Crippen molar-refractivity contribution in [3.8, 4) is 0 Å². The second kappa shape index (κ2) is 5.81. The second-order valence-electron chi connectivity index (χ2n) is 4.01. The number of anilines is 2. The van der Waals surface area contributed by atoms with E-state index >= 15 is 0 Å². The van der Waals surface area contributed by atoms with Gasteiger partial charge in [-0.05, 0) is 24.6 Å². The van der Waals surface area contributed by atoms with Gasteiger partial charge in [-0.1, -0.05) is 12.1 Å². The van der Waals surface area contributed by atoms with E-state index in [1.807, 2.05) is 24.3 Å². The van der Waals surface area contributed by atoms with E-state index in [0.29, 0.717) is 5.82 Å². The summed E-state index contributed by atoms with van der Waals surface area (Å²) in [5.41, 5.74) is 1.76. The van der Waals surface area contributed by atoms with Crippen LogP contribution in [0.4, 0.5) is 16.3 Å². The van der Waals surface area contributed by atoms with Crippen LogP contribution in [0.25, 0.3) is 0 Å². The highest BCUT2D eigenvalue weighted by molar-refractivity contribution is 5.65. The number of carboxylic acid groups (broad SMARTS) is 1. The largest absolute Gasteiger partial charge is 0.465 e. The average molecular weight is 258 g/mol. The maximum atomic E-state index is 10.6. The normalized spacial score (nSPS) is 11.6. The fourth-order valence-electron chi connectivity index (χ4n) is 1.64. The van der Waals surface area contributed by atoms with E-state index in [-0.39, 0.29) is 6.04 Å². The Kier molecular flexibility index (Phi) is 3.92. The smallest absolute Gasteiger partial charge is 0.405 e. The van der Waals surface area contributed by atoms with Gasteiger partial charge in [0.05, 0.1) is 12.2 Å². The number of benzene rings is 1. The Balaban J connectivity index is 2.04. The standard InChI is InChI=1S/C13H14N4O2/c1-9(16-13(18)19)10-2-4-11(5-3-10)17-12-8-14-6-7-15-12/h2-9,16H,1H3,(H,15,17)(H,18,19)/t9-/m0/s1. The van der Waals surface area contributed by atoms with Crippen LogP contribution in [0.15, 0.2) is 42.9 Å². The summed E-state index contributed by atoms with van der Waals surface area (Å²) in [5.74, 6) is 0.659. The van der Waals surface area contributed by atoms with E-state index in [2.05, 4.69) is 20.6 Å². The van der Waals surface area contributed by atoms with Crippen molar-refractivity contribution in [1.29, 1.82) is 0 Å². The van der Waals surface area contributed by atoms with E-state index in [1.54, 1.807) is 25.5 Å². The Hall–Kier alpha value is -2.63. The van der Waals surface area contributed by atoms with Gasteiger partial charge in [-0.15, -0.1) is 0 Å². The SMILES string of the molecule is C[C@H](NC(=O)O)c1ccc(Nc2cnccn2)cc1. The van der Waals surface area contributed by atoms with E-state index < -0.39 is 6.09 Å². The zero-order valence-electron chi connectivity index (χ0n) is 10.4. The summed E-state index contributed by atoms with van der Waals surface area (Å²) >= 11 is 0. The first-order valence-corrected chi connectivity index (χ1v) is 5.77. The minimum atomic E-state index is -1.03. The molecular weight excluding hydrogens is 244 g/mol. The molecule has 0 aliphatic rings. The third-order valence-corrected chi connectivity index (χ3v) is 2.59. The highest BCUT2D eigenvalue weighted by atomic mass is 16.4. The molecule has 0 unspecified atom stereocenters. The minimum absolute atomic E-state index is 0.247. The van der Waals surface area contributed by atoms with Gasteiger partial charge in [0.1, 0.15) is 5.82 Å². The molecule has 6 nitrogen and oxygen atoms in total. The van der Waals surface area contributed by atoms with Gasteiger partial charge in [-0.2, -0.15) is 0 Å². The molecule has 1 amide bonds. The highest BCUT2D eigenvalue weighted by Crippen LogP contribution is 2.18. The van der Waals surface area contributed by atoms with Crippen molar-refractivity contribution in [2.24, 2.45) is 0 Å². The molecule has 1 heterocycles. The molecule has 1 aromatic heterocycles. The number of nitrogens with zero attached hydrogens (tertiary/aromatic N) is 2. The lowest BCUT2D eigenvalue weighted by Gasteiger charge is -2.12. The summed E-state index contributed by atoms with van der Waals surface area (Å²) in [7, 11) is 0. The Morgan fingerprint density at radius 1 is 1.26 bits per heavy atom. The monoisotopic (exact) mass is 258 g/mol. The molecule has 1 aromatic carbocycles. The van der Waals surface area contributed by atoms with Crippen LogP contribution in [0.5, 0.6) is 0 Å². The average Bonchev–Trinajstić information content (AvgIpc) is 2.40. The zero-order chi connectivity index (χ0) is 13.7. The lowest BCUT2D eigenvalue weighted by atomic mass is 10.1. The Morgan fingerprint density at radius 3 is 2.58 bits per heavy atom. The van der Waals surface area contributed by atoms with E-state index in [4.69, 9.17) is 5.11 Å². The number of nitrogens with one attached hydrogen (secondary N) is 2. The van der Waals surface area contributed by atoms with Gasteiger partial charge >= 0.3 is 6.09 Å². The maximum absolute atomic E-state index is 10.6. The summed E-state index contributed by atoms with van der Waals surface area (Å²) in [6, 6.07) is 7.20. The van der Waals surface area contributed by atoms with Crippen molar-refractivity contribution in [3.05, 3.63) is 48.4 Å². The molecule has 0 aliphatic heterocycles. The van der Waals surface area contributed by atoms with E-state index in [0.717, 1.165) is 11.3 Å².